The molecule has 1 N–H and O–H groups in total. The first-order valence-electron chi connectivity index (χ1n) is 7.15. The average molecular weight is 362 g/mol. The molecule has 7 heteroatoms. The monoisotopic (exact) mass is 361 g/mol. The minimum absolute atomic E-state index is 0.181. The molecule has 2 aromatic carbocycles. The van der Waals surface area contributed by atoms with Crippen LogP contribution in [0.4, 0.5) is 0 Å². The van der Waals surface area contributed by atoms with Gasteiger partial charge in [-0.05, 0) is 29.8 Å². The number of hydrogen-bond acceptors (Lipinski definition) is 3. The number of aromatic nitrogens is 2. The van der Waals surface area contributed by atoms with Gasteiger partial charge in [0.2, 0.25) is 0 Å². The molecule has 1 amide bonds. The third-order valence-electron chi connectivity index (χ3n) is 3.61. The number of nitrogens with one attached hydrogen (secondary N) is 1. The molecule has 122 valence electrons. The SMILES string of the molecule is CNC(=O)c1cccc(Cn2cnc3c(Cl)cc(Cl)cc3c2=O)c1. The van der Waals surface area contributed by atoms with Gasteiger partial charge in [0.05, 0.1) is 28.8 Å². The first-order valence-corrected chi connectivity index (χ1v) is 7.90. The topological polar surface area (TPSA) is 64.0 Å². The highest BCUT2D eigenvalue weighted by molar-refractivity contribution is 6.38. The molecule has 1 heterocycles. The second-order valence-electron chi connectivity index (χ2n) is 5.24. The van der Waals surface area contributed by atoms with E-state index in [0.29, 0.717) is 26.5 Å². The third kappa shape index (κ3) is 3.13. The van der Waals surface area contributed by atoms with E-state index in [-0.39, 0.29) is 18.0 Å². The predicted octanol–water partition coefficient (Wildman–Crippen LogP) is 3.11. The molecule has 0 spiro atoms. The van der Waals surface area contributed by atoms with Gasteiger partial charge in [-0.3, -0.25) is 14.2 Å². The van der Waals surface area contributed by atoms with Crippen molar-refractivity contribution >= 4 is 40.0 Å². The molecule has 0 fully saturated rings. The molecule has 1 aromatic heterocycles. The zero-order valence-electron chi connectivity index (χ0n) is 12.7. The fraction of sp³-hybridized carbons (Fsp3) is 0.118. The quantitative estimate of drug-likeness (QED) is 0.779. The summed E-state index contributed by atoms with van der Waals surface area (Å²) in [6.07, 6.45) is 1.44. The van der Waals surface area contributed by atoms with E-state index in [2.05, 4.69) is 10.3 Å². The number of amides is 1. The standard InChI is InChI=1S/C17H13Cl2N3O2/c1-20-16(23)11-4-2-3-10(5-11)8-22-9-21-15-13(17(22)24)6-12(18)7-14(15)19/h2-7,9H,8H2,1H3,(H,20,23). The fourth-order valence-electron chi connectivity index (χ4n) is 2.46. The number of fused-ring (bicyclic) bond motifs is 1. The second-order valence-corrected chi connectivity index (χ2v) is 6.08. The summed E-state index contributed by atoms with van der Waals surface area (Å²) in [7, 11) is 1.57. The Balaban J connectivity index is 2.04. The summed E-state index contributed by atoms with van der Waals surface area (Å²) in [5.74, 6) is -0.181. The molecule has 24 heavy (non-hydrogen) atoms. The van der Waals surface area contributed by atoms with E-state index < -0.39 is 0 Å². The molecule has 0 radical (unpaired) electrons. The Morgan fingerprint density at radius 3 is 2.79 bits per heavy atom. The Morgan fingerprint density at radius 2 is 2.04 bits per heavy atom. The molecule has 0 bridgehead atoms. The molecule has 5 nitrogen and oxygen atoms in total. The molecule has 0 unspecified atom stereocenters. The maximum absolute atomic E-state index is 12.6. The van der Waals surface area contributed by atoms with Gasteiger partial charge in [-0.25, -0.2) is 4.98 Å². The number of hydrogen-bond donors (Lipinski definition) is 1. The van der Waals surface area contributed by atoms with Crippen LogP contribution in [0.15, 0.2) is 47.5 Å². The lowest BCUT2D eigenvalue weighted by Gasteiger charge is -2.09. The normalized spacial score (nSPS) is 10.8. The van der Waals surface area contributed by atoms with Crippen LogP contribution < -0.4 is 10.9 Å². The van der Waals surface area contributed by atoms with Crippen molar-refractivity contribution in [1.82, 2.24) is 14.9 Å². The minimum Gasteiger partial charge on any atom is -0.355 e. The first kappa shape index (κ1) is 16.5. The fourth-order valence-corrected chi connectivity index (χ4v) is 3.00. The van der Waals surface area contributed by atoms with Crippen molar-refractivity contribution in [3.8, 4) is 0 Å². The zero-order chi connectivity index (χ0) is 17.3. The zero-order valence-corrected chi connectivity index (χ0v) is 14.2. The van der Waals surface area contributed by atoms with Crippen LogP contribution in [0.2, 0.25) is 10.0 Å². The summed E-state index contributed by atoms with van der Waals surface area (Å²) in [5, 5.41) is 3.65. The highest BCUT2D eigenvalue weighted by Gasteiger charge is 2.10. The maximum atomic E-state index is 12.6. The lowest BCUT2D eigenvalue weighted by atomic mass is 10.1. The molecule has 0 aliphatic heterocycles. The molecular weight excluding hydrogens is 349 g/mol. The molecule has 0 atom stereocenters. The average Bonchev–Trinajstić information content (AvgIpc) is 2.57. The number of carbonyl (C=O) groups is 1. The summed E-state index contributed by atoms with van der Waals surface area (Å²) in [6.45, 7) is 0.288. The first-order chi connectivity index (χ1) is 11.5. The van der Waals surface area contributed by atoms with E-state index in [4.69, 9.17) is 23.2 Å². The van der Waals surface area contributed by atoms with Gasteiger partial charge in [-0.15, -0.1) is 0 Å². The second kappa shape index (κ2) is 6.63. The number of benzene rings is 2. The van der Waals surface area contributed by atoms with Gasteiger partial charge < -0.3 is 5.32 Å². The van der Waals surface area contributed by atoms with Gasteiger partial charge in [0.25, 0.3) is 11.5 Å². The Morgan fingerprint density at radius 1 is 1.25 bits per heavy atom. The minimum atomic E-state index is -0.241. The van der Waals surface area contributed by atoms with E-state index in [0.717, 1.165) is 5.56 Å². The number of nitrogens with zero attached hydrogens (tertiary/aromatic N) is 2. The van der Waals surface area contributed by atoms with Crippen molar-refractivity contribution in [2.24, 2.45) is 0 Å². The Kier molecular flexibility index (Phi) is 4.55. The lowest BCUT2D eigenvalue weighted by Crippen LogP contribution is -2.22. The van der Waals surface area contributed by atoms with E-state index in [1.165, 1.54) is 10.9 Å². The Hall–Kier alpha value is -2.37. The Bertz CT molecular complexity index is 999. The summed E-state index contributed by atoms with van der Waals surface area (Å²) in [5.41, 5.74) is 1.52. The summed E-state index contributed by atoms with van der Waals surface area (Å²) in [4.78, 5) is 28.6. The molecule has 3 rings (SSSR count). The molecule has 0 aliphatic carbocycles. The van der Waals surface area contributed by atoms with Crippen molar-refractivity contribution in [1.29, 1.82) is 0 Å². The smallest absolute Gasteiger partial charge is 0.261 e. The molecule has 0 aliphatic rings. The molecular formula is C17H13Cl2N3O2. The van der Waals surface area contributed by atoms with Crippen molar-refractivity contribution < 1.29 is 4.79 Å². The van der Waals surface area contributed by atoms with Crippen molar-refractivity contribution in [2.75, 3.05) is 7.05 Å². The van der Waals surface area contributed by atoms with E-state index in [9.17, 15) is 9.59 Å². The van der Waals surface area contributed by atoms with Crippen LogP contribution in [0, 0.1) is 0 Å². The summed E-state index contributed by atoms with van der Waals surface area (Å²) in [6, 6.07) is 10.2. The summed E-state index contributed by atoms with van der Waals surface area (Å²) >= 11 is 12.1. The van der Waals surface area contributed by atoms with Crippen molar-refractivity contribution in [2.45, 2.75) is 6.54 Å². The maximum Gasteiger partial charge on any atom is 0.261 e. The van der Waals surface area contributed by atoms with Crippen LogP contribution in [-0.2, 0) is 6.54 Å². The van der Waals surface area contributed by atoms with Gasteiger partial charge in [-0.2, -0.15) is 0 Å². The van der Waals surface area contributed by atoms with E-state index in [1.54, 1.807) is 37.4 Å². The number of rotatable bonds is 3. The van der Waals surface area contributed by atoms with E-state index in [1.807, 2.05) is 6.07 Å². The number of carbonyl (C=O) groups excluding carboxylic acids is 1. The van der Waals surface area contributed by atoms with Crippen molar-refractivity contribution in [3.63, 3.8) is 0 Å². The van der Waals surface area contributed by atoms with Gasteiger partial charge in [-0.1, -0.05) is 35.3 Å². The van der Waals surface area contributed by atoms with E-state index >= 15 is 0 Å². The van der Waals surface area contributed by atoms with Crippen LogP contribution in [-0.4, -0.2) is 22.5 Å². The Labute approximate surface area is 147 Å². The van der Waals surface area contributed by atoms with Gasteiger partial charge in [0, 0.05) is 17.6 Å². The predicted molar refractivity (Wildman–Crippen MR) is 95.0 cm³/mol. The van der Waals surface area contributed by atoms with Crippen LogP contribution in [0.1, 0.15) is 15.9 Å². The molecule has 0 saturated heterocycles. The molecule has 0 saturated carbocycles. The highest BCUT2D eigenvalue weighted by atomic mass is 35.5. The highest BCUT2D eigenvalue weighted by Crippen LogP contribution is 2.24. The van der Waals surface area contributed by atoms with Crippen LogP contribution in [0.5, 0.6) is 0 Å². The third-order valence-corrected chi connectivity index (χ3v) is 4.12. The van der Waals surface area contributed by atoms with Gasteiger partial charge in [0.1, 0.15) is 0 Å². The van der Waals surface area contributed by atoms with Gasteiger partial charge in [0.15, 0.2) is 0 Å². The van der Waals surface area contributed by atoms with Crippen LogP contribution in [0.3, 0.4) is 0 Å². The molecule has 3 aromatic rings. The largest absolute Gasteiger partial charge is 0.355 e. The van der Waals surface area contributed by atoms with Crippen molar-refractivity contribution in [3.05, 3.63) is 74.3 Å². The van der Waals surface area contributed by atoms with Crippen LogP contribution >= 0.6 is 23.2 Å². The van der Waals surface area contributed by atoms with Crippen LogP contribution in [0.25, 0.3) is 10.9 Å². The van der Waals surface area contributed by atoms with Gasteiger partial charge >= 0.3 is 0 Å². The number of halogens is 2. The summed E-state index contributed by atoms with van der Waals surface area (Å²) < 4.78 is 1.46. The lowest BCUT2D eigenvalue weighted by molar-refractivity contribution is 0.0963.